The maximum Gasteiger partial charge on any atom is 0.449 e. The van der Waals surface area contributed by atoms with Gasteiger partial charge in [0.15, 0.2) is 17.3 Å². The fourth-order valence-corrected chi connectivity index (χ4v) is 4.85. The summed E-state index contributed by atoms with van der Waals surface area (Å²) < 4.78 is 93.4. The molecule has 0 spiro atoms. The topological polar surface area (TPSA) is 115 Å². The van der Waals surface area contributed by atoms with Gasteiger partial charge in [0.25, 0.3) is 5.91 Å². The first-order chi connectivity index (χ1) is 19.9. The van der Waals surface area contributed by atoms with E-state index in [4.69, 9.17) is 15.2 Å². The van der Waals surface area contributed by atoms with E-state index in [1.54, 1.807) is 0 Å². The van der Waals surface area contributed by atoms with Gasteiger partial charge in [-0.2, -0.15) is 13.2 Å². The average Bonchev–Trinajstić information content (AvgIpc) is 3.34. The van der Waals surface area contributed by atoms with E-state index in [1.807, 2.05) is 0 Å². The number of ether oxygens (including phenoxy) is 2. The van der Waals surface area contributed by atoms with Gasteiger partial charge in [-0.1, -0.05) is 0 Å². The van der Waals surface area contributed by atoms with E-state index < -0.39 is 53.0 Å². The van der Waals surface area contributed by atoms with Crippen LogP contribution in [0.3, 0.4) is 0 Å². The predicted octanol–water partition coefficient (Wildman–Crippen LogP) is 1.70. The first-order valence-electron chi connectivity index (χ1n) is 13.4. The zero-order valence-electron chi connectivity index (χ0n) is 22.7. The highest BCUT2D eigenvalue weighted by molar-refractivity contribution is 5.93. The highest BCUT2D eigenvalue weighted by Crippen LogP contribution is 2.32. The lowest BCUT2D eigenvalue weighted by molar-refractivity contribution is -0.148. The molecule has 2 aliphatic heterocycles. The molecule has 0 bridgehead atoms. The molecule has 3 heterocycles. The highest BCUT2D eigenvalue weighted by Gasteiger charge is 2.41. The largest absolute Gasteiger partial charge is 0.449 e. The molecule has 4 rings (SSSR count). The van der Waals surface area contributed by atoms with Crippen LogP contribution in [0.5, 0.6) is 0 Å². The molecule has 1 fully saturated rings. The van der Waals surface area contributed by atoms with Crippen LogP contribution in [0.4, 0.5) is 26.3 Å². The van der Waals surface area contributed by atoms with Crippen LogP contribution >= 0.6 is 0 Å². The molecule has 1 aromatic carbocycles. The molecular formula is C26H32F6N6O4. The third-order valence-corrected chi connectivity index (χ3v) is 7.02. The van der Waals surface area contributed by atoms with Crippen molar-refractivity contribution in [1.29, 1.82) is 0 Å². The number of hydrogen-bond acceptors (Lipinski definition) is 7. The Morgan fingerprint density at radius 3 is 2.48 bits per heavy atom. The highest BCUT2D eigenvalue weighted by atomic mass is 19.4. The first-order valence-corrected chi connectivity index (χ1v) is 13.4. The monoisotopic (exact) mass is 606 g/mol. The van der Waals surface area contributed by atoms with Crippen molar-refractivity contribution in [2.75, 3.05) is 59.2 Å². The minimum atomic E-state index is -4.83. The number of morpholine rings is 1. The molecule has 16 heteroatoms. The fraction of sp³-hybridized carbons (Fsp3) is 0.577. The van der Waals surface area contributed by atoms with Gasteiger partial charge in [-0.05, 0) is 18.1 Å². The van der Waals surface area contributed by atoms with Gasteiger partial charge in [0.05, 0.1) is 38.7 Å². The number of alkyl halides is 3. The van der Waals surface area contributed by atoms with Crippen LogP contribution in [0, 0.1) is 17.5 Å². The first kappa shape index (κ1) is 31.7. The van der Waals surface area contributed by atoms with Crippen molar-refractivity contribution in [1.82, 2.24) is 24.7 Å². The third kappa shape index (κ3) is 7.99. The summed E-state index contributed by atoms with van der Waals surface area (Å²) in [6, 6.07) is 0.0566. The van der Waals surface area contributed by atoms with Gasteiger partial charge in [-0.25, -0.2) is 18.2 Å². The zero-order chi connectivity index (χ0) is 30.4. The van der Waals surface area contributed by atoms with E-state index in [2.05, 4.69) is 15.2 Å². The number of halogens is 6. The standard InChI is InChI=1S/C26H32F6N6O4/c27-18-14-20(29)19(28)12-16(18)11-17(33)13-22(39)37-2-3-38-21(15-37)23(35-25(38)26(30,31)32)24(40)34-1-7-41-8-4-36-5-9-42-10-6-36/h12,14,17H,1-11,13,15,33H2,(H,34,40)/t17-/m1/s1. The van der Waals surface area contributed by atoms with E-state index in [0.29, 0.717) is 38.5 Å². The van der Waals surface area contributed by atoms with Crippen LogP contribution in [0.2, 0.25) is 0 Å². The van der Waals surface area contributed by atoms with Crippen molar-refractivity contribution >= 4 is 11.8 Å². The molecule has 2 aliphatic rings. The number of hydrogen-bond donors (Lipinski definition) is 2. The molecule has 0 radical (unpaired) electrons. The Hall–Kier alpha value is -3.21. The number of rotatable bonds is 11. The maximum atomic E-state index is 14.0. The number of benzene rings is 1. The number of carbonyl (C=O) groups is 2. The predicted molar refractivity (Wildman–Crippen MR) is 136 cm³/mol. The molecule has 2 aromatic rings. The minimum Gasteiger partial charge on any atom is -0.379 e. The van der Waals surface area contributed by atoms with Crippen LogP contribution in [0.25, 0.3) is 0 Å². The Balaban J connectivity index is 1.35. The van der Waals surface area contributed by atoms with E-state index in [9.17, 15) is 35.9 Å². The quantitative estimate of drug-likeness (QED) is 0.227. The molecular weight excluding hydrogens is 574 g/mol. The van der Waals surface area contributed by atoms with E-state index >= 15 is 0 Å². The third-order valence-electron chi connectivity index (χ3n) is 7.02. The SMILES string of the molecule is N[C@@H](CC(=O)N1CCn2c(C(F)(F)F)nc(C(=O)NCCOCCN3CCOCC3)c2C1)Cc1cc(F)c(F)cc1F. The minimum absolute atomic E-state index is 0.0354. The molecule has 1 aromatic heterocycles. The molecule has 3 N–H and O–H groups in total. The maximum absolute atomic E-state index is 14.0. The van der Waals surface area contributed by atoms with Gasteiger partial charge in [0.1, 0.15) is 5.82 Å². The van der Waals surface area contributed by atoms with Gasteiger partial charge < -0.3 is 30.0 Å². The Morgan fingerprint density at radius 2 is 1.76 bits per heavy atom. The van der Waals surface area contributed by atoms with Crippen LogP contribution < -0.4 is 11.1 Å². The lowest BCUT2D eigenvalue weighted by Gasteiger charge is -2.30. The van der Waals surface area contributed by atoms with Crippen LogP contribution in [0.1, 0.15) is 34.0 Å². The second-order valence-corrected chi connectivity index (χ2v) is 10.0. The van der Waals surface area contributed by atoms with Crippen molar-refractivity contribution < 1.29 is 45.4 Å². The number of nitrogens with zero attached hydrogens (tertiary/aromatic N) is 4. The van der Waals surface area contributed by atoms with Crippen molar-refractivity contribution in [2.24, 2.45) is 5.73 Å². The Morgan fingerprint density at radius 1 is 1.05 bits per heavy atom. The van der Waals surface area contributed by atoms with Crippen molar-refractivity contribution in [3.63, 3.8) is 0 Å². The number of imidazole rings is 1. The second kappa shape index (κ2) is 13.8. The van der Waals surface area contributed by atoms with Crippen molar-refractivity contribution in [2.45, 2.75) is 38.1 Å². The molecule has 0 saturated carbocycles. The number of aromatic nitrogens is 2. The summed E-state index contributed by atoms with van der Waals surface area (Å²) in [6.45, 7) is 3.44. The number of nitrogens with one attached hydrogen (secondary N) is 1. The number of carbonyl (C=O) groups excluding carboxylic acids is 2. The van der Waals surface area contributed by atoms with Crippen LogP contribution in [0.15, 0.2) is 12.1 Å². The summed E-state index contributed by atoms with van der Waals surface area (Å²) >= 11 is 0. The smallest absolute Gasteiger partial charge is 0.379 e. The summed E-state index contributed by atoms with van der Waals surface area (Å²) in [7, 11) is 0. The Kier molecular flexibility index (Phi) is 10.5. The Bertz CT molecular complexity index is 1270. The van der Waals surface area contributed by atoms with E-state index in [-0.39, 0.29) is 56.9 Å². The molecule has 1 saturated heterocycles. The fourth-order valence-electron chi connectivity index (χ4n) is 4.85. The molecule has 0 unspecified atom stereocenters. The van der Waals surface area contributed by atoms with Crippen molar-refractivity contribution in [3.05, 3.63) is 52.4 Å². The zero-order valence-corrected chi connectivity index (χ0v) is 22.7. The summed E-state index contributed by atoms with van der Waals surface area (Å²) in [6.07, 6.45) is -5.46. The van der Waals surface area contributed by atoms with Gasteiger partial charge >= 0.3 is 6.18 Å². The van der Waals surface area contributed by atoms with Gasteiger partial charge in [0, 0.05) is 57.8 Å². The normalized spacial score (nSPS) is 16.8. The lowest BCUT2D eigenvalue weighted by Crippen LogP contribution is -2.42. The van der Waals surface area contributed by atoms with E-state index in [1.165, 1.54) is 4.90 Å². The molecule has 2 amide bonds. The summed E-state index contributed by atoms with van der Waals surface area (Å²) in [5.41, 5.74) is 5.19. The number of nitrogens with two attached hydrogens (primary N) is 1. The Labute approximate surface area is 237 Å². The lowest BCUT2D eigenvalue weighted by atomic mass is 10.0. The summed E-state index contributed by atoms with van der Waals surface area (Å²) in [4.78, 5) is 32.7. The molecule has 10 nitrogen and oxygen atoms in total. The van der Waals surface area contributed by atoms with Crippen LogP contribution in [-0.2, 0) is 40.0 Å². The molecule has 42 heavy (non-hydrogen) atoms. The molecule has 1 atom stereocenters. The average molecular weight is 607 g/mol. The van der Waals surface area contributed by atoms with Gasteiger partial charge in [-0.15, -0.1) is 0 Å². The van der Waals surface area contributed by atoms with Gasteiger partial charge in [0.2, 0.25) is 11.7 Å². The van der Waals surface area contributed by atoms with Crippen LogP contribution in [-0.4, -0.2) is 96.4 Å². The number of amides is 2. The summed E-state index contributed by atoms with van der Waals surface area (Å²) in [5.74, 6) is -6.30. The second-order valence-electron chi connectivity index (χ2n) is 10.0. The summed E-state index contributed by atoms with van der Waals surface area (Å²) in [5, 5.41) is 2.51. The number of fused-ring (bicyclic) bond motifs is 1. The van der Waals surface area contributed by atoms with E-state index in [0.717, 1.165) is 17.7 Å². The molecule has 232 valence electrons. The van der Waals surface area contributed by atoms with Crippen molar-refractivity contribution in [3.8, 4) is 0 Å². The molecule has 0 aliphatic carbocycles. The van der Waals surface area contributed by atoms with Gasteiger partial charge in [-0.3, -0.25) is 14.5 Å².